The van der Waals surface area contributed by atoms with Crippen molar-refractivity contribution in [3.8, 4) is 0 Å². The van der Waals surface area contributed by atoms with Crippen LogP contribution in [0.3, 0.4) is 0 Å². The highest BCUT2D eigenvalue weighted by Crippen LogP contribution is 2.32. The van der Waals surface area contributed by atoms with Crippen LogP contribution in [0, 0.1) is 5.92 Å². The highest BCUT2D eigenvalue weighted by molar-refractivity contribution is 4.82. The zero-order valence-corrected chi connectivity index (χ0v) is 8.47. The van der Waals surface area contributed by atoms with Crippen LogP contribution in [0.1, 0.15) is 33.6 Å². The van der Waals surface area contributed by atoms with E-state index in [1.807, 2.05) is 0 Å². The molecule has 2 heteroatoms. The summed E-state index contributed by atoms with van der Waals surface area (Å²) in [6.45, 7) is 8.26. The third-order valence-electron chi connectivity index (χ3n) is 2.35. The number of rotatable bonds is 6. The van der Waals surface area contributed by atoms with Crippen molar-refractivity contribution in [3.05, 3.63) is 0 Å². The Morgan fingerprint density at radius 2 is 2.00 bits per heavy atom. The minimum Gasteiger partial charge on any atom is -0.377 e. The van der Waals surface area contributed by atoms with E-state index < -0.39 is 0 Å². The Labute approximate surface area is 75.7 Å². The molecule has 72 valence electrons. The molecule has 1 aliphatic rings. The summed E-state index contributed by atoms with van der Waals surface area (Å²) >= 11 is 0. The van der Waals surface area contributed by atoms with Gasteiger partial charge in [-0.25, -0.2) is 0 Å². The summed E-state index contributed by atoms with van der Waals surface area (Å²) in [5, 5.41) is 3.47. The number of hydrogen-bond donors (Lipinski definition) is 1. The van der Waals surface area contributed by atoms with Crippen molar-refractivity contribution in [1.82, 2.24) is 5.32 Å². The highest BCUT2D eigenvalue weighted by atomic mass is 16.5. The van der Waals surface area contributed by atoms with E-state index in [0.717, 1.165) is 19.1 Å². The Hall–Kier alpha value is -0.0800. The van der Waals surface area contributed by atoms with E-state index in [4.69, 9.17) is 4.74 Å². The third kappa shape index (κ3) is 4.07. The van der Waals surface area contributed by atoms with E-state index in [9.17, 15) is 0 Å². The fourth-order valence-electron chi connectivity index (χ4n) is 1.34. The van der Waals surface area contributed by atoms with Gasteiger partial charge in [-0.05, 0) is 39.5 Å². The molecule has 1 rings (SSSR count). The summed E-state index contributed by atoms with van der Waals surface area (Å²) in [6.07, 6.45) is 3.20. The molecule has 1 aliphatic carbocycles. The Kier molecular flexibility index (Phi) is 4.02. The Morgan fingerprint density at radius 3 is 2.50 bits per heavy atom. The molecule has 1 unspecified atom stereocenters. The van der Waals surface area contributed by atoms with Crippen LogP contribution in [0.2, 0.25) is 0 Å². The molecule has 12 heavy (non-hydrogen) atoms. The van der Waals surface area contributed by atoms with Gasteiger partial charge in [-0.1, -0.05) is 0 Å². The molecule has 0 bridgehead atoms. The topological polar surface area (TPSA) is 21.3 Å². The zero-order valence-electron chi connectivity index (χ0n) is 8.47. The first-order valence-electron chi connectivity index (χ1n) is 5.05. The summed E-state index contributed by atoms with van der Waals surface area (Å²) in [7, 11) is 0. The van der Waals surface area contributed by atoms with Crippen molar-refractivity contribution in [2.45, 2.75) is 45.8 Å². The van der Waals surface area contributed by atoms with Gasteiger partial charge in [0.2, 0.25) is 0 Å². The van der Waals surface area contributed by atoms with Crippen molar-refractivity contribution in [3.63, 3.8) is 0 Å². The number of ether oxygens (including phenoxy) is 1. The van der Waals surface area contributed by atoms with Crippen LogP contribution >= 0.6 is 0 Å². The van der Waals surface area contributed by atoms with Crippen LogP contribution in [-0.2, 0) is 4.74 Å². The molecule has 1 saturated carbocycles. The molecular weight excluding hydrogens is 150 g/mol. The second kappa shape index (κ2) is 4.83. The Balaban J connectivity index is 1.87. The van der Waals surface area contributed by atoms with Crippen molar-refractivity contribution in [1.29, 1.82) is 0 Å². The maximum atomic E-state index is 5.43. The average molecular weight is 171 g/mol. The number of nitrogens with one attached hydrogen (secondary N) is 1. The van der Waals surface area contributed by atoms with Gasteiger partial charge in [0.25, 0.3) is 0 Å². The molecule has 0 spiro atoms. The Bertz CT molecular complexity index is 121. The molecule has 0 radical (unpaired) electrons. The van der Waals surface area contributed by atoms with Gasteiger partial charge in [-0.15, -0.1) is 0 Å². The van der Waals surface area contributed by atoms with Crippen LogP contribution in [-0.4, -0.2) is 25.3 Å². The largest absolute Gasteiger partial charge is 0.377 e. The van der Waals surface area contributed by atoms with Gasteiger partial charge < -0.3 is 10.1 Å². The number of hydrogen-bond acceptors (Lipinski definition) is 2. The summed E-state index contributed by atoms with van der Waals surface area (Å²) < 4.78 is 5.43. The molecule has 0 aromatic carbocycles. The second-order valence-electron chi connectivity index (χ2n) is 4.00. The van der Waals surface area contributed by atoms with Crippen LogP contribution in [0.4, 0.5) is 0 Å². The standard InChI is InChI=1S/C10H21NO/c1-8(2)12-7-6-11-9(3)10-4-5-10/h8-11H,4-7H2,1-3H3. The lowest BCUT2D eigenvalue weighted by Crippen LogP contribution is -2.31. The molecule has 0 aromatic rings. The normalized spacial score (nSPS) is 20.0. The molecule has 1 N–H and O–H groups in total. The first-order valence-corrected chi connectivity index (χ1v) is 5.05. The van der Waals surface area contributed by atoms with E-state index in [0.29, 0.717) is 12.1 Å². The van der Waals surface area contributed by atoms with Gasteiger partial charge in [-0.3, -0.25) is 0 Å². The second-order valence-corrected chi connectivity index (χ2v) is 4.00. The average Bonchev–Trinajstić information content (AvgIpc) is 2.79. The molecule has 0 aromatic heterocycles. The fourth-order valence-corrected chi connectivity index (χ4v) is 1.34. The highest BCUT2D eigenvalue weighted by Gasteiger charge is 2.27. The predicted molar refractivity (Wildman–Crippen MR) is 51.3 cm³/mol. The molecule has 0 saturated heterocycles. The van der Waals surface area contributed by atoms with Crippen molar-refractivity contribution < 1.29 is 4.74 Å². The molecule has 0 amide bonds. The van der Waals surface area contributed by atoms with Crippen molar-refractivity contribution in [2.75, 3.05) is 13.2 Å². The van der Waals surface area contributed by atoms with Gasteiger partial charge in [0.15, 0.2) is 0 Å². The molecule has 1 fully saturated rings. The SMILES string of the molecule is CC(C)OCCNC(C)C1CC1. The smallest absolute Gasteiger partial charge is 0.0594 e. The zero-order chi connectivity index (χ0) is 8.97. The van der Waals surface area contributed by atoms with Crippen LogP contribution < -0.4 is 5.32 Å². The van der Waals surface area contributed by atoms with Crippen LogP contribution in [0.5, 0.6) is 0 Å². The maximum absolute atomic E-state index is 5.43. The molecular formula is C10H21NO. The van der Waals surface area contributed by atoms with Crippen LogP contribution in [0.15, 0.2) is 0 Å². The van der Waals surface area contributed by atoms with Gasteiger partial charge >= 0.3 is 0 Å². The van der Waals surface area contributed by atoms with E-state index in [-0.39, 0.29) is 0 Å². The quantitative estimate of drug-likeness (QED) is 0.615. The lowest BCUT2D eigenvalue weighted by Gasteiger charge is -2.13. The first-order chi connectivity index (χ1) is 5.70. The van der Waals surface area contributed by atoms with Gasteiger partial charge in [-0.2, -0.15) is 0 Å². The van der Waals surface area contributed by atoms with E-state index in [1.54, 1.807) is 0 Å². The van der Waals surface area contributed by atoms with Gasteiger partial charge in [0, 0.05) is 12.6 Å². The lowest BCUT2D eigenvalue weighted by molar-refractivity contribution is 0.0792. The molecule has 1 atom stereocenters. The first kappa shape index (κ1) is 10.0. The monoisotopic (exact) mass is 171 g/mol. The maximum Gasteiger partial charge on any atom is 0.0594 e. The van der Waals surface area contributed by atoms with Crippen LogP contribution in [0.25, 0.3) is 0 Å². The minimum absolute atomic E-state index is 0.364. The fraction of sp³-hybridized carbons (Fsp3) is 1.00. The third-order valence-corrected chi connectivity index (χ3v) is 2.35. The van der Waals surface area contributed by atoms with E-state index in [1.165, 1.54) is 12.8 Å². The minimum atomic E-state index is 0.364. The van der Waals surface area contributed by atoms with E-state index >= 15 is 0 Å². The molecule has 2 nitrogen and oxygen atoms in total. The summed E-state index contributed by atoms with van der Waals surface area (Å²) in [6, 6.07) is 0.695. The summed E-state index contributed by atoms with van der Waals surface area (Å²) in [5.74, 6) is 0.948. The Morgan fingerprint density at radius 1 is 1.33 bits per heavy atom. The van der Waals surface area contributed by atoms with Gasteiger partial charge in [0.05, 0.1) is 12.7 Å². The predicted octanol–water partition coefficient (Wildman–Crippen LogP) is 1.80. The van der Waals surface area contributed by atoms with E-state index in [2.05, 4.69) is 26.1 Å². The lowest BCUT2D eigenvalue weighted by atomic mass is 10.2. The molecule has 0 heterocycles. The van der Waals surface area contributed by atoms with Crippen molar-refractivity contribution in [2.24, 2.45) is 5.92 Å². The molecule has 0 aliphatic heterocycles. The summed E-state index contributed by atoms with van der Waals surface area (Å²) in [4.78, 5) is 0. The summed E-state index contributed by atoms with van der Waals surface area (Å²) in [5.41, 5.74) is 0. The van der Waals surface area contributed by atoms with Gasteiger partial charge in [0.1, 0.15) is 0 Å². The van der Waals surface area contributed by atoms with Crippen molar-refractivity contribution >= 4 is 0 Å².